The van der Waals surface area contributed by atoms with Gasteiger partial charge < -0.3 is 11.1 Å². The molecule has 13 heteroatoms. The van der Waals surface area contributed by atoms with Gasteiger partial charge in [0.25, 0.3) is 11.5 Å². The molecule has 4 N–H and O–H groups in total. The number of pyridine rings is 1. The van der Waals surface area contributed by atoms with E-state index in [0.29, 0.717) is 16.8 Å². The summed E-state index contributed by atoms with van der Waals surface area (Å²) >= 11 is 6.39. The van der Waals surface area contributed by atoms with Crippen LogP contribution >= 0.6 is 11.6 Å². The summed E-state index contributed by atoms with van der Waals surface area (Å²) in [6, 6.07) is 14.2. The molecule has 0 spiro atoms. The maximum absolute atomic E-state index is 13.8. The molecule has 0 saturated carbocycles. The number of nitrogens with zero attached hydrogens (tertiary/aromatic N) is 4. The molecule has 0 fully saturated rings. The monoisotopic (exact) mass is 551 g/mol. The van der Waals surface area contributed by atoms with Gasteiger partial charge in [-0.3, -0.25) is 18.9 Å². The first-order valence-electron chi connectivity index (χ1n) is 11.4. The summed E-state index contributed by atoms with van der Waals surface area (Å²) < 4.78 is 28.8. The summed E-state index contributed by atoms with van der Waals surface area (Å²) in [5.74, 6) is -0.517. The summed E-state index contributed by atoms with van der Waals surface area (Å²) in [6.07, 6.45) is 4.19. The fourth-order valence-electron chi connectivity index (χ4n) is 4.31. The Morgan fingerprint density at radius 2 is 1.89 bits per heavy atom. The second-order valence-electron chi connectivity index (χ2n) is 8.68. The third kappa shape index (κ3) is 4.66. The smallest absolute Gasteiger partial charge is 0.264 e. The van der Waals surface area contributed by atoms with Gasteiger partial charge in [-0.25, -0.2) is 17.9 Å². The molecule has 1 amide bonds. The van der Waals surface area contributed by atoms with Crippen LogP contribution in [0, 0.1) is 0 Å². The van der Waals surface area contributed by atoms with Gasteiger partial charge in [-0.2, -0.15) is 0 Å². The number of carbonyl (C=O) groups excluding carboxylic acids is 1. The second kappa shape index (κ2) is 9.47. The molecule has 3 aromatic heterocycles. The first kappa shape index (κ1) is 25.2. The summed E-state index contributed by atoms with van der Waals surface area (Å²) in [5, 5.41) is 8.14. The minimum Gasteiger partial charge on any atom is -0.381 e. The zero-order chi connectivity index (χ0) is 27.2. The highest BCUT2D eigenvalue weighted by molar-refractivity contribution is 7.92. The van der Waals surface area contributed by atoms with Crippen molar-refractivity contribution in [1.29, 1.82) is 0 Å². The molecule has 2 aromatic carbocycles. The lowest BCUT2D eigenvalue weighted by Gasteiger charge is -2.21. The molecule has 0 aliphatic carbocycles. The topological polar surface area (TPSA) is 153 Å². The fraction of sp³-hybridized carbons (Fsp3) is 0.120. The van der Waals surface area contributed by atoms with Gasteiger partial charge >= 0.3 is 0 Å². The molecule has 0 aliphatic rings. The van der Waals surface area contributed by atoms with Crippen molar-refractivity contribution >= 4 is 55.5 Å². The third-order valence-electron chi connectivity index (χ3n) is 5.87. The molecule has 0 aliphatic heterocycles. The third-order valence-corrected chi connectivity index (χ3v) is 6.79. The van der Waals surface area contributed by atoms with Gasteiger partial charge in [-0.15, -0.1) is 5.10 Å². The van der Waals surface area contributed by atoms with E-state index in [0.717, 1.165) is 6.26 Å². The van der Waals surface area contributed by atoms with Crippen LogP contribution in [0.4, 0.5) is 11.5 Å². The Hall–Kier alpha value is -4.42. The van der Waals surface area contributed by atoms with Crippen LogP contribution in [-0.4, -0.2) is 39.7 Å². The minimum atomic E-state index is -3.56. The molecule has 1 unspecified atom stereocenters. The van der Waals surface area contributed by atoms with Crippen molar-refractivity contribution in [3.63, 3.8) is 0 Å². The van der Waals surface area contributed by atoms with Gasteiger partial charge in [0, 0.05) is 18.1 Å². The van der Waals surface area contributed by atoms with E-state index in [1.807, 2.05) is 0 Å². The number of sulfonamides is 1. The summed E-state index contributed by atoms with van der Waals surface area (Å²) in [7, 11) is -3.56. The molecule has 194 valence electrons. The van der Waals surface area contributed by atoms with E-state index in [4.69, 9.17) is 17.3 Å². The molecule has 0 radical (unpaired) electrons. The predicted molar refractivity (Wildman–Crippen MR) is 146 cm³/mol. The summed E-state index contributed by atoms with van der Waals surface area (Å²) in [4.78, 5) is 31.3. The number of hydrogen-bond donors (Lipinski definition) is 3. The largest absolute Gasteiger partial charge is 0.381 e. The maximum atomic E-state index is 13.8. The van der Waals surface area contributed by atoms with Crippen LogP contribution in [0.1, 0.15) is 29.0 Å². The Labute approximate surface area is 221 Å². The highest BCUT2D eigenvalue weighted by Gasteiger charge is 2.24. The zero-order valence-corrected chi connectivity index (χ0v) is 21.8. The highest BCUT2D eigenvalue weighted by atomic mass is 35.5. The first-order valence-corrected chi connectivity index (χ1v) is 13.6. The Morgan fingerprint density at radius 1 is 1.13 bits per heavy atom. The van der Waals surface area contributed by atoms with Crippen molar-refractivity contribution in [1.82, 2.24) is 24.5 Å². The Bertz CT molecular complexity index is 1900. The van der Waals surface area contributed by atoms with Crippen LogP contribution in [-0.2, 0) is 10.0 Å². The fourth-order valence-corrected chi connectivity index (χ4v) is 5.13. The van der Waals surface area contributed by atoms with E-state index in [2.05, 4.69) is 20.1 Å². The van der Waals surface area contributed by atoms with E-state index in [1.165, 1.54) is 21.3 Å². The van der Waals surface area contributed by atoms with E-state index in [1.54, 1.807) is 61.7 Å². The standard InChI is InChI=1S/C25H22ClN7O4S/c1-14(29-24(34)21-22(27)30-32-11-5-10-28-23(21)32)19-12-15-6-3-9-18(26)20(15)25(35)33(19)17-8-4-7-16(13-17)31-38(2,36)37/h3-14,31H,1-2H3,(H2,27,30)(H,29,34). The molecular weight excluding hydrogens is 530 g/mol. The zero-order valence-electron chi connectivity index (χ0n) is 20.2. The number of amides is 1. The highest BCUT2D eigenvalue weighted by Crippen LogP contribution is 2.27. The van der Waals surface area contributed by atoms with Crippen molar-refractivity contribution in [2.45, 2.75) is 13.0 Å². The van der Waals surface area contributed by atoms with Crippen molar-refractivity contribution in [2.75, 3.05) is 16.7 Å². The first-order chi connectivity index (χ1) is 18.0. The molecular formula is C25H22ClN7O4S. The molecule has 0 saturated heterocycles. The number of fused-ring (bicyclic) bond motifs is 2. The van der Waals surface area contributed by atoms with Crippen LogP contribution in [0.5, 0.6) is 0 Å². The van der Waals surface area contributed by atoms with Crippen molar-refractivity contribution in [3.05, 3.63) is 93.6 Å². The molecule has 5 rings (SSSR count). The van der Waals surface area contributed by atoms with Crippen LogP contribution in [0.15, 0.2) is 71.8 Å². The average Bonchev–Trinajstić information content (AvgIpc) is 3.18. The number of hydrogen-bond acceptors (Lipinski definition) is 7. The molecule has 3 heterocycles. The minimum absolute atomic E-state index is 0.00985. The van der Waals surface area contributed by atoms with Crippen molar-refractivity contribution in [3.8, 4) is 5.69 Å². The number of nitrogen functional groups attached to an aromatic ring is 1. The van der Waals surface area contributed by atoms with Gasteiger partial charge in [0.1, 0.15) is 5.56 Å². The van der Waals surface area contributed by atoms with Crippen LogP contribution in [0.3, 0.4) is 0 Å². The van der Waals surface area contributed by atoms with Crippen molar-refractivity contribution in [2.24, 2.45) is 0 Å². The normalized spacial score (nSPS) is 12.5. The van der Waals surface area contributed by atoms with Crippen LogP contribution in [0.25, 0.3) is 22.1 Å². The van der Waals surface area contributed by atoms with Gasteiger partial charge in [0.05, 0.1) is 34.1 Å². The molecule has 1 atom stereocenters. The SMILES string of the molecule is CC(NC(=O)c1c(N)nn2cccnc12)c1cc2cccc(Cl)c2c(=O)n1-c1cccc(NS(C)(=O)=O)c1. The van der Waals surface area contributed by atoms with E-state index in [9.17, 15) is 18.0 Å². The summed E-state index contributed by atoms with van der Waals surface area (Å²) in [5.41, 5.74) is 7.05. The lowest BCUT2D eigenvalue weighted by molar-refractivity contribution is 0.0941. The molecule has 11 nitrogen and oxygen atoms in total. The molecule has 5 aromatic rings. The number of halogens is 1. The number of nitrogens with two attached hydrogens (primary N) is 1. The Balaban J connectivity index is 1.65. The maximum Gasteiger partial charge on any atom is 0.264 e. The number of carbonyl (C=O) groups is 1. The molecule has 38 heavy (non-hydrogen) atoms. The number of aromatic nitrogens is 4. The Morgan fingerprint density at radius 3 is 2.66 bits per heavy atom. The van der Waals surface area contributed by atoms with E-state index in [-0.39, 0.29) is 33.1 Å². The van der Waals surface area contributed by atoms with E-state index >= 15 is 0 Å². The van der Waals surface area contributed by atoms with Gasteiger partial charge in [0.2, 0.25) is 10.0 Å². The van der Waals surface area contributed by atoms with Crippen LogP contribution in [0.2, 0.25) is 5.02 Å². The van der Waals surface area contributed by atoms with Crippen LogP contribution < -0.4 is 21.3 Å². The average molecular weight is 552 g/mol. The number of rotatable bonds is 6. The van der Waals surface area contributed by atoms with Gasteiger partial charge in [0.15, 0.2) is 11.5 Å². The van der Waals surface area contributed by atoms with Gasteiger partial charge in [-0.05, 0) is 48.7 Å². The Kier molecular flexibility index (Phi) is 6.29. The number of benzene rings is 2. The van der Waals surface area contributed by atoms with Crippen molar-refractivity contribution < 1.29 is 13.2 Å². The molecule has 0 bridgehead atoms. The van der Waals surface area contributed by atoms with Gasteiger partial charge in [-0.1, -0.05) is 29.8 Å². The quantitative estimate of drug-likeness (QED) is 0.293. The summed E-state index contributed by atoms with van der Waals surface area (Å²) in [6.45, 7) is 1.72. The lowest BCUT2D eigenvalue weighted by Crippen LogP contribution is -2.32. The predicted octanol–water partition coefficient (Wildman–Crippen LogP) is 3.13. The number of anilines is 2. The second-order valence-corrected chi connectivity index (χ2v) is 10.8. The number of nitrogens with one attached hydrogen (secondary N) is 2. The lowest BCUT2D eigenvalue weighted by atomic mass is 10.1. The van der Waals surface area contributed by atoms with E-state index < -0.39 is 27.5 Å².